The van der Waals surface area contributed by atoms with Crippen molar-refractivity contribution in [2.24, 2.45) is 0 Å². The van der Waals surface area contributed by atoms with E-state index in [4.69, 9.17) is 4.74 Å². The molecule has 0 radical (unpaired) electrons. The van der Waals surface area contributed by atoms with Crippen LogP contribution in [0.3, 0.4) is 0 Å². The summed E-state index contributed by atoms with van der Waals surface area (Å²) >= 11 is 0. The van der Waals surface area contributed by atoms with Crippen molar-refractivity contribution in [3.05, 3.63) is 0 Å². The normalized spacial score (nSPS) is 23.6. The zero-order valence-electron chi connectivity index (χ0n) is 13.0. The van der Waals surface area contributed by atoms with Gasteiger partial charge in [0, 0.05) is 19.1 Å². The van der Waals surface area contributed by atoms with Crippen molar-refractivity contribution in [3.8, 4) is 0 Å². The van der Waals surface area contributed by atoms with Crippen LogP contribution in [0.1, 0.15) is 26.7 Å². The Morgan fingerprint density at radius 3 is 2.74 bits per heavy atom. The van der Waals surface area contributed by atoms with Crippen LogP contribution in [0.15, 0.2) is 0 Å². The number of hydrogen-bond donors (Lipinski definition) is 1. The second-order valence-corrected chi connectivity index (χ2v) is 5.83. The second kappa shape index (κ2) is 7.22. The molecule has 1 aliphatic heterocycles. The van der Waals surface area contributed by atoms with Crippen molar-refractivity contribution >= 4 is 5.97 Å². The Kier molecular flexibility index (Phi) is 6.23. The van der Waals surface area contributed by atoms with Crippen LogP contribution >= 0.6 is 0 Å². The molecule has 2 unspecified atom stereocenters. The zero-order valence-corrected chi connectivity index (χ0v) is 13.0. The summed E-state index contributed by atoms with van der Waals surface area (Å²) in [6.45, 7) is 7.02. The van der Waals surface area contributed by atoms with Crippen LogP contribution in [-0.4, -0.2) is 74.7 Å². The number of nitrogens with zero attached hydrogens (tertiary/aromatic N) is 2. The van der Waals surface area contributed by atoms with Gasteiger partial charge in [-0.3, -0.25) is 9.69 Å². The number of hydrogen-bond acceptors (Lipinski definition) is 5. The number of ether oxygens (including phenoxy) is 1. The molecular formula is C14H29N3O2. The second-order valence-electron chi connectivity index (χ2n) is 5.83. The maximum atomic E-state index is 12.1. The number of esters is 1. The van der Waals surface area contributed by atoms with Crippen molar-refractivity contribution < 1.29 is 9.53 Å². The third-order valence-electron chi connectivity index (χ3n) is 3.87. The van der Waals surface area contributed by atoms with Crippen LogP contribution in [0.25, 0.3) is 0 Å². The van der Waals surface area contributed by atoms with E-state index in [-0.39, 0.29) is 5.97 Å². The van der Waals surface area contributed by atoms with Gasteiger partial charge in [-0.25, -0.2) is 0 Å². The third kappa shape index (κ3) is 4.44. The van der Waals surface area contributed by atoms with Crippen molar-refractivity contribution in [2.45, 2.75) is 38.3 Å². The number of rotatable bonds is 7. The summed E-state index contributed by atoms with van der Waals surface area (Å²) in [6.07, 6.45) is 2.42. The standard InChI is InChI=1S/C14H29N3O2/c1-6-19-13(18)14(2,15-3)11-17-9-7-8-12(17)10-16(4)5/h12,15H,6-11H2,1-5H3. The molecule has 1 N–H and O–H groups in total. The summed E-state index contributed by atoms with van der Waals surface area (Å²) < 4.78 is 5.19. The zero-order chi connectivity index (χ0) is 14.5. The lowest BCUT2D eigenvalue weighted by Gasteiger charge is -2.35. The van der Waals surface area contributed by atoms with Crippen LogP contribution in [-0.2, 0) is 9.53 Å². The first-order valence-electron chi connectivity index (χ1n) is 7.18. The van der Waals surface area contributed by atoms with Gasteiger partial charge in [0.2, 0.25) is 0 Å². The van der Waals surface area contributed by atoms with E-state index in [1.54, 1.807) is 0 Å². The van der Waals surface area contributed by atoms with Gasteiger partial charge in [-0.15, -0.1) is 0 Å². The van der Waals surface area contributed by atoms with E-state index in [1.165, 1.54) is 12.8 Å². The summed E-state index contributed by atoms with van der Waals surface area (Å²) in [5, 5.41) is 3.13. The predicted octanol–water partition coefficient (Wildman–Crippen LogP) is 0.554. The lowest BCUT2D eigenvalue weighted by Crippen LogP contribution is -2.57. The molecule has 2 atom stereocenters. The van der Waals surface area contributed by atoms with Gasteiger partial charge in [-0.2, -0.15) is 0 Å². The molecule has 1 heterocycles. The Hall–Kier alpha value is -0.650. The summed E-state index contributed by atoms with van der Waals surface area (Å²) in [6, 6.07) is 0.539. The molecule has 1 fully saturated rings. The molecule has 1 aliphatic rings. The third-order valence-corrected chi connectivity index (χ3v) is 3.87. The molecule has 5 nitrogen and oxygen atoms in total. The smallest absolute Gasteiger partial charge is 0.327 e. The van der Waals surface area contributed by atoms with Gasteiger partial charge in [-0.1, -0.05) is 0 Å². The number of likely N-dealkylation sites (N-methyl/N-ethyl adjacent to an activating group) is 2. The number of nitrogens with one attached hydrogen (secondary N) is 1. The maximum Gasteiger partial charge on any atom is 0.327 e. The maximum absolute atomic E-state index is 12.1. The first kappa shape index (κ1) is 16.4. The fourth-order valence-corrected chi connectivity index (χ4v) is 2.67. The Balaban J connectivity index is 2.66. The van der Waals surface area contributed by atoms with Crippen molar-refractivity contribution in [1.29, 1.82) is 0 Å². The van der Waals surface area contributed by atoms with E-state index in [9.17, 15) is 4.79 Å². The van der Waals surface area contributed by atoms with Gasteiger partial charge in [0.1, 0.15) is 5.54 Å². The average molecular weight is 271 g/mol. The minimum Gasteiger partial charge on any atom is -0.465 e. The number of likely N-dealkylation sites (tertiary alicyclic amines) is 1. The molecule has 0 spiro atoms. The molecule has 0 aromatic rings. The van der Waals surface area contributed by atoms with Crippen LogP contribution < -0.4 is 5.32 Å². The first-order chi connectivity index (χ1) is 8.92. The van der Waals surface area contributed by atoms with Crippen LogP contribution in [0.2, 0.25) is 0 Å². The van der Waals surface area contributed by atoms with Gasteiger partial charge in [0.25, 0.3) is 0 Å². The molecule has 19 heavy (non-hydrogen) atoms. The summed E-state index contributed by atoms with van der Waals surface area (Å²) in [4.78, 5) is 16.7. The molecule has 0 aromatic carbocycles. The van der Waals surface area contributed by atoms with Gasteiger partial charge in [0.05, 0.1) is 6.61 Å². The highest BCUT2D eigenvalue weighted by Gasteiger charge is 2.38. The predicted molar refractivity (Wildman–Crippen MR) is 77.2 cm³/mol. The van der Waals surface area contributed by atoms with E-state index in [2.05, 4.69) is 29.2 Å². The molecule has 0 saturated carbocycles. The highest BCUT2D eigenvalue weighted by Crippen LogP contribution is 2.21. The molecule has 1 rings (SSSR count). The minimum absolute atomic E-state index is 0.159. The number of carbonyl (C=O) groups is 1. The molecule has 0 amide bonds. The van der Waals surface area contributed by atoms with Crippen LogP contribution in [0, 0.1) is 0 Å². The lowest BCUT2D eigenvalue weighted by atomic mass is 10.0. The highest BCUT2D eigenvalue weighted by molar-refractivity contribution is 5.80. The topological polar surface area (TPSA) is 44.8 Å². The molecule has 1 saturated heterocycles. The largest absolute Gasteiger partial charge is 0.465 e. The SMILES string of the molecule is CCOC(=O)C(C)(CN1CCCC1CN(C)C)NC. The van der Waals surface area contributed by atoms with E-state index < -0.39 is 5.54 Å². The molecule has 0 bridgehead atoms. The Morgan fingerprint density at radius 1 is 1.53 bits per heavy atom. The summed E-state index contributed by atoms with van der Waals surface area (Å²) in [5.74, 6) is -0.159. The highest BCUT2D eigenvalue weighted by atomic mass is 16.5. The Bertz CT molecular complexity index is 296. The van der Waals surface area contributed by atoms with Gasteiger partial charge >= 0.3 is 5.97 Å². The minimum atomic E-state index is -0.620. The summed E-state index contributed by atoms with van der Waals surface area (Å²) in [7, 11) is 6.02. The van der Waals surface area contributed by atoms with E-state index in [0.717, 1.165) is 13.1 Å². The van der Waals surface area contributed by atoms with Gasteiger partial charge < -0.3 is 15.0 Å². The van der Waals surface area contributed by atoms with E-state index >= 15 is 0 Å². The lowest BCUT2D eigenvalue weighted by molar-refractivity contribution is -0.151. The summed E-state index contributed by atoms with van der Waals surface area (Å²) in [5.41, 5.74) is -0.620. The number of carbonyl (C=O) groups excluding carboxylic acids is 1. The molecule has 112 valence electrons. The van der Waals surface area contributed by atoms with Crippen molar-refractivity contribution in [3.63, 3.8) is 0 Å². The average Bonchev–Trinajstić information content (AvgIpc) is 2.75. The molecular weight excluding hydrogens is 242 g/mol. The molecule has 5 heteroatoms. The quantitative estimate of drug-likeness (QED) is 0.685. The fraction of sp³-hybridized carbons (Fsp3) is 0.929. The van der Waals surface area contributed by atoms with Crippen LogP contribution in [0.5, 0.6) is 0 Å². The molecule has 0 aromatic heterocycles. The fourth-order valence-electron chi connectivity index (χ4n) is 2.67. The van der Waals surface area contributed by atoms with Crippen molar-refractivity contribution in [2.75, 3.05) is 47.4 Å². The van der Waals surface area contributed by atoms with Crippen molar-refractivity contribution in [1.82, 2.24) is 15.1 Å². The van der Waals surface area contributed by atoms with Gasteiger partial charge in [-0.05, 0) is 54.4 Å². The Morgan fingerprint density at radius 2 is 2.21 bits per heavy atom. The first-order valence-corrected chi connectivity index (χ1v) is 7.18. The van der Waals surface area contributed by atoms with Gasteiger partial charge in [0.15, 0.2) is 0 Å². The Labute approximate surface area is 117 Å². The monoisotopic (exact) mass is 271 g/mol. The van der Waals surface area contributed by atoms with E-state index in [0.29, 0.717) is 19.2 Å². The van der Waals surface area contributed by atoms with E-state index in [1.807, 2.05) is 20.9 Å². The van der Waals surface area contributed by atoms with Crippen LogP contribution in [0.4, 0.5) is 0 Å². The molecule has 0 aliphatic carbocycles.